The minimum atomic E-state index is -0.330. The van der Waals surface area contributed by atoms with E-state index in [0.29, 0.717) is 5.92 Å². The molecule has 2 heterocycles. The van der Waals surface area contributed by atoms with Crippen molar-refractivity contribution < 1.29 is 4.79 Å². The van der Waals surface area contributed by atoms with Gasteiger partial charge in [-0.25, -0.2) is 0 Å². The Balaban J connectivity index is 2.09. The maximum Gasteiger partial charge on any atom is 0.260 e. The van der Waals surface area contributed by atoms with Gasteiger partial charge < -0.3 is 15.6 Å². The van der Waals surface area contributed by atoms with Crippen LogP contribution in [-0.2, 0) is 0 Å². The highest BCUT2D eigenvalue weighted by Gasteiger charge is 2.23. The van der Waals surface area contributed by atoms with Gasteiger partial charge in [-0.1, -0.05) is 6.92 Å². The number of piperidine rings is 1. The summed E-state index contributed by atoms with van der Waals surface area (Å²) in [6.45, 7) is 5.65. The summed E-state index contributed by atoms with van der Waals surface area (Å²) in [5, 5.41) is 6.17. The van der Waals surface area contributed by atoms with E-state index in [0.717, 1.165) is 25.2 Å². The topological polar surface area (TPSA) is 74.0 Å². The van der Waals surface area contributed by atoms with Crippen LogP contribution in [0.1, 0.15) is 29.4 Å². The van der Waals surface area contributed by atoms with Crippen LogP contribution in [0.25, 0.3) is 0 Å². The summed E-state index contributed by atoms with van der Waals surface area (Å²) < 4.78 is 0. The molecule has 1 amide bonds. The molecule has 2 rings (SSSR count). The fraction of sp³-hybridized carbons (Fsp3) is 0.538. The van der Waals surface area contributed by atoms with Crippen LogP contribution < -0.4 is 16.2 Å². The molecule has 98 valence electrons. The minimum absolute atomic E-state index is 0.0898. The van der Waals surface area contributed by atoms with E-state index in [2.05, 4.69) is 22.5 Å². The third-order valence-electron chi connectivity index (χ3n) is 3.44. The van der Waals surface area contributed by atoms with Crippen LogP contribution in [-0.4, -0.2) is 30.0 Å². The first-order valence-corrected chi connectivity index (χ1v) is 6.29. The first kappa shape index (κ1) is 12.8. The van der Waals surface area contributed by atoms with Crippen molar-refractivity contribution in [3.05, 3.63) is 33.7 Å². The Morgan fingerprint density at radius 3 is 2.89 bits per heavy atom. The molecule has 1 aromatic rings. The molecular formula is C13H19N3O2. The fourth-order valence-corrected chi connectivity index (χ4v) is 2.18. The average Bonchev–Trinajstić information content (AvgIpc) is 2.32. The number of aromatic nitrogens is 1. The number of hydrogen-bond donors (Lipinski definition) is 3. The molecule has 5 nitrogen and oxygen atoms in total. The number of carbonyl (C=O) groups is 1. The first-order valence-electron chi connectivity index (χ1n) is 6.29. The number of hydrogen-bond acceptors (Lipinski definition) is 3. The van der Waals surface area contributed by atoms with E-state index in [1.807, 2.05) is 0 Å². The molecule has 1 fully saturated rings. The lowest BCUT2D eigenvalue weighted by atomic mass is 9.94. The quantitative estimate of drug-likeness (QED) is 0.711. The maximum atomic E-state index is 12.0. The molecule has 0 spiro atoms. The predicted octanol–water partition coefficient (Wildman–Crippen LogP) is 0.411. The lowest BCUT2D eigenvalue weighted by molar-refractivity contribution is 0.0913. The molecular weight excluding hydrogens is 230 g/mol. The van der Waals surface area contributed by atoms with Gasteiger partial charge in [-0.05, 0) is 37.9 Å². The second-order valence-electron chi connectivity index (χ2n) is 4.93. The average molecular weight is 249 g/mol. The molecule has 1 saturated heterocycles. The van der Waals surface area contributed by atoms with Gasteiger partial charge in [0.25, 0.3) is 11.5 Å². The molecule has 2 unspecified atom stereocenters. The number of pyridine rings is 1. The molecule has 0 saturated carbocycles. The number of aromatic amines is 1. The lowest BCUT2D eigenvalue weighted by Gasteiger charge is -2.30. The van der Waals surface area contributed by atoms with E-state index >= 15 is 0 Å². The van der Waals surface area contributed by atoms with Gasteiger partial charge in [0.05, 0.1) is 0 Å². The summed E-state index contributed by atoms with van der Waals surface area (Å²) in [5.41, 5.74) is 0.603. The molecule has 0 aliphatic carbocycles. The molecule has 2 atom stereocenters. The smallest absolute Gasteiger partial charge is 0.260 e. The van der Waals surface area contributed by atoms with Crippen molar-refractivity contribution in [1.29, 1.82) is 0 Å². The molecule has 5 heteroatoms. The van der Waals surface area contributed by atoms with E-state index in [1.54, 1.807) is 19.1 Å². The standard InChI is InChI=1S/C13H19N3O2/c1-8-5-6-14-7-11(8)16-13(18)10-4-3-9(2)15-12(10)17/h3-4,8,11,14H,5-7H2,1-2H3,(H,15,17)(H,16,18). The zero-order valence-corrected chi connectivity index (χ0v) is 10.7. The van der Waals surface area contributed by atoms with Crippen LogP contribution >= 0.6 is 0 Å². The molecule has 3 N–H and O–H groups in total. The van der Waals surface area contributed by atoms with Gasteiger partial charge in [0, 0.05) is 18.3 Å². The van der Waals surface area contributed by atoms with Gasteiger partial charge in [-0.2, -0.15) is 0 Å². The van der Waals surface area contributed by atoms with Crippen LogP contribution in [0.15, 0.2) is 16.9 Å². The van der Waals surface area contributed by atoms with Crippen LogP contribution in [0.2, 0.25) is 0 Å². The fourth-order valence-electron chi connectivity index (χ4n) is 2.18. The zero-order valence-electron chi connectivity index (χ0n) is 10.7. The van der Waals surface area contributed by atoms with E-state index in [9.17, 15) is 9.59 Å². The summed E-state index contributed by atoms with van der Waals surface area (Å²) in [7, 11) is 0. The summed E-state index contributed by atoms with van der Waals surface area (Å²) in [6, 6.07) is 3.40. The summed E-state index contributed by atoms with van der Waals surface area (Å²) in [5.74, 6) is 0.136. The van der Waals surface area contributed by atoms with Gasteiger partial charge >= 0.3 is 0 Å². The van der Waals surface area contributed by atoms with Gasteiger partial charge in [-0.3, -0.25) is 9.59 Å². The third-order valence-corrected chi connectivity index (χ3v) is 3.44. The Kier molecular flexibility index (Phi) is 3.81. The largest absolute Gasteiger partial charge is 0.348 e. The second kappa shape index (κ2) is 5.35. The van der Waals surface area contributed by atoms with Crippen LogP contribution in [0.3, 0.4) is 0 Å². The normalized spacial score (nSPS) is 23.7. The van der Waals surface area contributed by atoms with Crippen LogP contribution in [0.5, 0.6) is 0 Å². The molecule has 1 aliphatic rings. The Hall–Kier alpha value is -1.62. The van der Waals surface area contributed by atoms with Crippen LogP contribution in [0.4, 0.5) is 0 Å². The van der Waals surface area contributed by atoms with Crippen molar-refractivity contribution in [2.75, 3.05) is 13.1 Å². The van der Waals surface area contributed by atoms with Crippen molar-refractivity contribution in [2.24, 2.45) is 5.92 Å². The van der Waals surface area contributed by atoms with Crippen molar-refractivity contribution in [1.82, 2.24) is 15.6 Å². The number of aryl methyl sites for hydroxylation is 1. The maximum absolute atomic E-state index is 12.0. The number of nitrogens with one attached hydrogen (secondary N) is 3. The first-order chi connectivity index (χ1) is 8.58. The highest BCUT2D eigenvalue weighted by molar-refractivity contribution is 5.94. The predicted molar refractivity (Wildman–Crippen MR) is 69.7 cm³/mol. The summed E-state index contributed by atoms with van der Waals surface area (Å²) in [4.78, 5) is 26.3. The molecule has 0 radical (unpaired) electrons. The molecule has 1 aliphatic heterocycles. The van der Waals surface area contributed by atoms with Crippen molar-refractivity contribution in [2.45, 2.75) is 26.3 Å². The van der Waals surface area contributed by atoms with E-state index < -0.39 is 0 Å². The molecule has 18 heavy (non-hydrogen) atoms. The molecule has 0 bridgehead atoms. The zero-order chi connectivity index (χ0) is 13.1. The molecule has 0 aromatic carbocycles. The Morgan fingerprint density at radius 2 is 2.22 bits per heavy atom. The van der Waals surface area contributed by atoms with Gasteiger partial charge in [-0.15, -0.1) is 0 Å². The number of amides is 1. The van der Waals surface area contributed by atoms with Crippen molar-refractivity contribution >= 4 is 5.91 Å². The third kappa shape index (κ3) is 2.79. The monoisotopic (exact) mass is 249 g/mol. The van der Waals surface area contributed by atoms with Gasteiger partial charge in [0.15, 0.2) is 0 Å². The lowest BCUT2D eigenvalue weighted by Crippen LogP contribution is -2.50. The van der Waals surface area contributed by atoms with Gasteiger partial charge in [0.2, 0.25) is 0 Å². The minimum Gasteiger partial charge on any atom is -0.348 e. The summed E-state index contributed by atoms with van der Waals surface area (Å²) >= 11 is 0. The Labute approximate surface area is 106 Å². The SMILES string of the molecule is Cc1ccc(C(=O)NC2CNCCC2C)c(=O)[nH]1. The number of rotatable bonds is 2. The van der Waals surface area contributed by atoms with Gasteiger partial charge in [0.1, 0.15) is 5.56 Å². The Morgan fingerprint density at radius 1 is 1.44 bits per heavy atom. The van der Waals surface area contributed by atoms with E-state index in [1.165, 1.54) is 0 Å². The highest BCUT2D eigenvalue weighted by atomic mass is 16.2. The Bertz CT molecular complexity index is 495. The van der Waals surface area contributed by atoms with E-state index in [-0.39, 0.29) is 23.1 Å². The second-order valence-corrected chi connectivity index (χ2v) is 4.93. The van der Waals surface area contributed by atoms with Crippen LogP contribution in [0, 0.1) is 12.8 Å². The van der Waals surface area contributed by atoms with E-state index in [4.69, 9.17) is 0 Å². The number of H-pyrrole nitrogens is 1. The number of carbonyl (C=O) groups excluding carboxylic acids is 1. The summed E-state index contributed by atoms with van der Waals surface area (Å²) in [6.07, 6.45) is 1.04. The van der Waals surface area contributed by atoms with Crippen molar-refractivity contribution in [3.8, 4) is 0 Å². The molecule has 1 aromatic heterocycles. The highest BCUT2D eigenvalue weighted by Crippen LogP contribution is 2.11. The van der Waals surface area contributed by atoms with Crippen molar-refractivity contribution in [3.63, 3.8) is 0 Å².